The molecule has 0 saturated carbocycles. The second-order valence-electron chi connectivity index (χ2n) is 6.09. The number of nitrogens with one attached hydrogen (secondary N) is 2. The van der Waals surface area contributed by atoms with Crippen LogP contribution >= 0.6 is 23.4 Å². The molecular weight excluding hydrogens is 356 g/mol. The van der Waals surface area contributed by atoms with Crippen molar-refractivity contribution in [3.05, 3.63) is 29.0 Å². The number of guanidine groups is 1. The van der Waals surface area contributed by atoms with Crippen LogP contribution in [0.1, 0.15) is 32.3 Å². The van der Waals surface area contributed by atoms with Crippen LogP contribution in [0.15, 0.2) is 23.3 Å². The third kappa shape index (κ3) is 7.04. The second kappa shape index (κ2) is 10.9. The predicted octanol–water partition coefficient (Wildman–Crippen LogP) is 3.13. The van der Waals surface area contributed by atoms with Gasteiger partial charge in [-0.1, -0.05) is 24.6 Å². The van der Waals surface area contributed by atoms with Crippen LogP contribution < -0.4 is 10.6 Å². The maximum Gasteiger partial charge on any atom is 0.191 e. The van der Waals surface area contributed by atoms with Crippen molar-refractivity contribution in [3.8, 4) is 0 Å². The van der Waals surface area contributed by atoms with E-state index in [2.05, 4.69) is 29.5 Å². The summed E-state index contributed by atoms with van der Waals surface area (Å²) < 4.78 is 5.76. The standard InChI is InChI=1S/C18H29ClN4OS/c1-3-20-17(21-10-7-15-5-6-16(19)22-13-15)23-14-18(25-4-2)8-11-24-12-9-18/h5-6,13H,3-4,7-12,14H2,1-2H3,(H2,20,21,23). The largest absolute Gasteiger partial charge is 0.381 e. The molecule has 25 heavy (non-hydrogen) atoms. The van der Waals surface area contributed by atoms with Gasteiger partial charge in [0.15, 0.2) is 5.96 Å². The molecule has 1 aromatic rings. The number of ether oxygens (including phenoxy) is 1. The van der Waals surface area contributed by atoms with Crippen LogP contribution in [0.5, 0.6) is 0 Å². The lowest BCUT2D eigenvalue weighted by Crippen LogP contribution is -2.41. The number of hydrogen-bond donors (Lipinski definition) is 2. The van der Waals surface area contributed by atoms with E-state index in [4.69, 9.17) is 21.3 Å². The average molecular weight is 385 g/mol. The van der Waals surface area contributed by atoms with E-state index in [-0.39, 0.29) is 4.75 Å². The SMILES string of the molecule is CCNC(=NCC1(SCC)CCOCC1)NCCc1ccc(Cl)nc1. The Bertz CT molecular complexity index is 527. The molecule has 2 N–H and O–H groups in total. The zero-order chi connectivity index (χ0) is 18.0. The quantitative estimate of drug-likeness (QED) is 0.409. The maximum atomic E-state index is 5.82. The van der Waals surface area contributed by atoms with Gasteiger partial charge < -0.3 is 15.4 Å². The highest BCUT2D eigenvalue weighted by Gasteiger charge is 2.32. The summed E-state index contributed by atoms with van der Waals surface area (Å²) in [6, 6.07) is 3.84. The highest BCUT2D eigenvalue weighted by atomic mass is 35.5. The van der Waals surface area contributed by atoms with Crippen LogP contribution in [0.2, 0.25) is 5.15 Å². The molecular formula is C18H29ClN4OS. The Morgan fingerprint density at radius 2 is 2.12 bits per heavy atom. The number of pyridine rings is 1. The first-order chi connectivity index (χ1) is 12.2. The van der Waals surface area contributed by atoms with Crippen molar-refractivity contribution in [2.24, 2.45) is 4.99 Å². The fraction of sp³-hybridized carbons (Fsp3) is 0.667. The molecule has 0 radical (unpaired) electrons. The molecule has 1 saturated heterocycles. The molecule has 2 heterocycles. The van der Waals surface area contributed by atoms with Crippen LogP contribution in [0.3, 0.4) is 0 Å². The van der Waals surface area contributed by atoms with E-state index >= 15 is 0 Å². The normalized spacial score (nSPS) is 17.3. The average Bonchev–Trinajstić information content (AvgIpc) is 2.62. The lowest BCUT2D eigenvalue weighted by molar-refractivity contribution is 0.0793. The van der Waals surface area contributed by atoms with E-state index < -0.39 is 0 Å². The number of aromatic nitrogens is 1. The minimum absolute atomic E-state index is 0.218. The van der Waals surface area contributed by atoms with Crippen LogP contribution in [0.4, 0.5) is 0 Å². The van der Waals surface area contributed by atoms with Crippen molar-refractivity contribution in [1.29, 1.82) is 0 Å². The first-order valence-electron chi connectivity index (χ1n) is 9.02. The predicted molar refractivity (Wildman–Crippen MR) is 108 cm³/mol. The van der Waals surface area contributed by atoms with Gasteiger partial charge in [0, 0.05) is 37.2 Å². The summed E-state index contributed by atoms with van der Waals surface area (Å²) in [7, 11) is 0. The van der Waals surface area contributed by atoms with E-state index in [0.717, 1.165) is 69.4 Å². The van der Waals surface area contributed by atoms with Crippen molar-refractivity contribution >= 4 is 29.3 Å². The van der Waals surface area contributed by atoms with Crippen LogP contribution in [0, 0.1) is 0 Å². The van der Waals surface area contributed by atoms with Gasteiger partial charge in [0.1, 0.15) is 5.15 Å². The Balaban J connectivity index is 1.89. The number of halogens is 1. The van der Waals surface area contributed by atoms with Gasteiger partial charge in [-0.05, 0) is 43.6 Å². The summed E-state index contributed by atoms with van der Waals surface area (Å²) in [6.45, 7) is 8.48. The van der Waals surface area contributed by atoms with E-state index in [9.17, 15) is 0 Å². The summed E-state index contributed by atoms with van der Waals surface area (Å²) in [6.07, 6.45) is 4.86. The number of rotatable bonds is 8. The minimum atomic E-state index is 0.218. The van der Waals surface area contributed by atoms with Crippen molar-refractivity contribution in [2.75, 3.05) is 38.6 Å². The molecule has 0 aromatic carbocycles. The fourth-order valence-corrected chi connectivity index (χ4v) is 4.18. The number of nitrogens with zero attached hydrogens (tertiary/aromatic N) is 2. The number of aliphatic imine (C=N–C) groups is 1. The van der Waals surface area contributed by atoms with E-state index in [1.807, 2.05) is 30.1 Å². The van der Waals surface area contributed by atoms with Gasteiger partial charge in [-0.25, -0.2) is 4.98 Å². The fourth-order valence-electron chi connectivity index (χ4n) is 2.84. The molecule has 0 spiro atoms. The molecule has 1 aliphatic heterocycles. The summed E-state index contributed by atoms with van der Waals surface area (Å²) in [5.41, 5.74) is 1.16. The molecule has 7 heteroatoms. The third-order valence-corrected chi connectivity index (χ3v) is 5.88. The highest BCUT2D eigenvalue weighted by molar-refractivity contribution is 8.00. The lowest BCUT2D eigenvalue weighted by atomic mass is 9.99. The zero-order valence-electron chi connectivity index (χ0n) is 15.2. The zero-order valence-corrected chi connectivity index (χ0v) is 16.8. The van der Waals surface area contributed by atoms with E-state index in [1.165, 1.54) is 0 Å². The maximum absolute atomic E-state index is 5.82. The number of thioether (sulfide) groups is 1. The molecule has 140 valence electrons. The topological polar surface area (TPSA) is 58.5 Å². The van der Waals surface area contributed by atoms with Gasteiger partial charge in [-0.3, -0.25) is 4.99 Å². The van der Waals surface area contributed by atoms with Crippen molar-refractivity contribution in [2.45, 2.75) is 37.9 Å². The van der Waals surface area contributed by atoms with Gasteiger partial charge in [0.2, 0.25) is 0 Å². The molecule has 0 unspecified atom stereocenters. The van der Waals surface area contributed by atoms with Crippen molar-refractivity contribution < 1.29 is 4.74 Å². The minimum Gasteiger partial charge on any atom is -0.381 e. The summed E-state index contributed by atoms with van der Waals surface area (Å²) in [5, 5.41) is 7.29. The summed E-state index contributed by atoms with van der Waals surface area (Å²) >= 11 is 7.84. The van der Waals surface area contributed by atoms with Crippen LogP contribution in [-0.4, -0.2) is 54.3 Å². The highest BCUT2D eigenvalue weighted by Crippen LogP contribution is 2.35. The smallest absolute Gasteiger partial charge is 0.191 e. The van der Waals surface area contributed by atoms with Crippen LogP contribution in [0.25, 0.3) is 0 Å². The second-order valence-corrected chi connectivity index (χ2v) is 8.21. The summed E-state index contributed by atoms with van der Waals surface area (Å²) in [4.78, 5) is 8.97. The molecule has 5 nitrogen and oxygen atoms in total. The van der Waals surface area contributed by atoms with Gasteiger partial charge in [-0.15, -0.1) is 0 Å². The molecule has 0 bridgehead atoms. The Morgan fingerprint density at radius 1 is 1.32 bits per heavy atom. The first-order valence-corrected chi connectivity index (χ1v) is 10.4. The van der Waals surface area contributed by atoms with Crippen molar-refractivity contribution in [3.63, 3.8) is 0 Å². The first kappa shape index (κ1) is 20.3. The van der Waals surface area contributed by atoms with Gasteiger partial charge in [-0.2, -0.15) is 11.8 Å². The van der Waals surface area contributed by atoms with Crippen LogP contribution in [-0.2, 0) is 11.2 Å². The summed E-state index contributed by atoms with van der Waals surface area (Å²) in [5.74, 6) is 2.00. The van der Waals surface area contributed by atoms with Gasteiger partial charge in [0.25, 0.3) is 0 Å². The Morgan fingerprint density at radius 3 is 2.76 bits per heavy atom. The van der Waals surface area contributed by atoms with Gasteiger partial charge >= 0.3 is 0 Å². The van der Waals surface area contributed by atoms with E-state index in [1.54, 1.807) is 0 Å². The van der Waals surface area contributed by atoms with Gasteiger partial charge in [0.05, 0.1) is 6.54 Å². The molecule has 0 atom stereocenters. The third-order valence-electron chi connectivity index (χ3n) is 4.22. The Hall–Kier alpha value is -0.980. The number of hydrogen-bond acceptors (Lipinski definition) is 4. The Kier molecular flexibility index (Phi) is 8.85. The lowest BCUT2D eigenvalue weighted by Gasteiger charge is -2.35. The molecule has 2 rings (SSSR count). The van der Waals surface area contributed by atoms with E-state index in [0.29, 0.717) is 5.15 Å². The molecule has 1 fully saturated rings. The molecule has 0 aliphatic carbocycles. The molecule has 1 aromatic heterocycles. The Labute approximate surface area is 160 Å². The molecule has 0 amide bonds. The molecule has 1 aliphatic rings. The monoisotopic (exact) mass is 384 g/mol. The van der Waals surface area contributed by atoms with Crippen molar-refractivity contribution in [1.82, 2.24) is 15.6 Å².